The Labute approximate surface area is 530 Å². The van der Waals surface area contributed by atoms with Gasteiger partial charge in [0.15, 0.2) is 17.5 Å². The van der Waals surface area contributed by atoms with Gasteiger partial charge in [-0.15, -0.1) is 0 Å². The van der Waals surface area contributed by atoms with Crippen molar-refractivity contribution < 1.29 is 0 Å². The molecule has 3 nitrogen and oxygen atoms in total. The van der Waals surface area contributed by atoms with Crippen molar-refractivity contribution in [2.45, 2.75) is 5.41 Å². The second kappa shape index (κ2) is 22.4. The van der Waals surface area contributed by atoms with Crippen LogP contribution in [-0.4, -0.2) is 15.0 Å². The first-order valence-corrected chi connectivity index (χ1v) is 31.2. The molecule has 15 aromatic rings. The maximum atomic E-state index is 5.30. The Balaban J connectivity index is 0.698. The normalized spacial score (nSPS) is 12.3. The van der Waals surface area contributed by atoms with E-state index in [2.05, 4.69) is 346 Å². The molecule has 424 valence electrons. The molecule has 1 aromatic heterocycles. The van der Waals surface area contributed by atoms with Gasteiger partial charge >= 0.3 is 0 Å². The van der Waals surface area contributed by atoms with Gasteiger partial charge in [-0.3, -0.25) is 0 Å². The number of hydrogen-bond acceptors (Lipinski definition) is 3. The van der Waals surface area contributed by atoms with Gasteiger partial charge in [-0.25, -0.2) is 15.0 Å². The SMILES string of the molecule is c1ccc(-c2cccc(-c3ccc(-c4nc(-c5cccc(-c6cccc(-c7ccccc7)c6)c5)nc(-c5cccc(-c6cccc(-c7cccc(-c8cccc(-c9ccc%10c(c9)C9(c%11ccccc%11-c%11ccccc%119)c9ccccc9-%10)c8)c7)c6)c5)n4)cc3)c2)cc1. The van der Waals surface area contributed by atoms with E-state index in [1.54, 1.807) is 0 Å². The van der Waals surface area contributed by atoms with Crippen LogP contribution in [0, 0.1) is 0 Å². The third kappa shape index (κ3) is 9.51. The molecule has 0 saturated carbocycles. The molecule has 91 heavy (non-hydrogen) atoms. The number of rotatable bonds is 11. The largest absolute Gasteiger partial charge is 0.208 e. The fraction of sp³-hybridized carbons (Fsp3) is 0.0114. The van der Waals surface area contributed by atoms with Gasteiger partial charge in [0, 0.05) is 16.7 Å². The fourth-order valence-electron chi connectivity index (χ4n) is 14.2. The molecule has 0 fully saturated rings. The van der Waals surface area contributed by atoms with Crippen molar-refractivity contribution in [2.24, 2.45) is 0 Å². The minimum Gasteiger partial charge on any atom is -0.208 e. The van der Waals surface area contributed by atoms with Crippen LogP contribution >= 0.6 is 0 Å². The van der Waals surface area contributed by atoms with E-state index in [0.717, 1.165) is 66.8 Å². The van der Waals surface area contributed by atoms with E-state index in [0.29, 0.717) is 17.5 Å². The lowest BCUT2D eigenvalue weighted by atomic mass is 9.70. The third-order valence-corrected chi connectivity index (χ3v) is 18.5. The topological polar surface area (TPSA) is 38.7 Å². The molecular formula is C88H57N3. The molecule has 0 N–H and O–H groups in total. The van der Waals surface area contributed by atoms with Gasteiger partial charge in [0.05, 0.1) is 5.41 Å². The van der Waals surface area contributed by atoms with E-state index in [4.69, 9.17) is 15.0 Å². The molecule has 0 bridgehead atoms. The zero-order valence-corrected chi connectivity index (χ0v) is 49.8. The molecule has 0 radical (unpaired) electrons. The zero-order valence-electron chi connectivity index (χ0n) is 49.8. The summed E-state index contributed by atoms with van der Waals surface area (Å²) in [5.41, 5.74) is 31.3. The van der Waals surface area contributed by atoms with Crippen LogP contribution in [0.1, 0.15) is 22.3 Å². The summed E-state index contributed by atoms with van der Waals surface area (Å²) in [4.78, 5) is 15.8. The number of aromatic nitrogens is 3. The second-order valence-electron chi connectivity index (χ2n) is 23.8. The molecule has 0 atom stereocenters. The second-order valence-corrected chi connectivity index (χ2v) is 23.8. The Kier molecular flexibility index (Phi) is 13.1. The predicted octanol–water partition coefficient (Wildman–Crippen LogP) is 22.6. The molecule has 0 aliphatic heterocycles. The highest BCUT2D eigenvalue weighted by Gasteiger charge is 2.51. The highest BCUT2D eigenvalue weighted by molar-refractivity contribution is 5.96. The van der Waals surface area contributed by atoms with Crippen molar-refractivity contribution in [3.63, 3.8) is 0 Å². The fourth-order valence-corrected chi connectivity index (χ4v) is 14.2. The van der Waals surface area contributed by atoms with Crippen LogP contribution in [0.4, 0.5) is 0 Å². The van der Waals surface area contributed by atoms with Crippen LogP contribution in [0.3, 0.4) is 0 Å². The van der Waals surface area contributed by atoms with Gasteiger partial charge in [-0.05, 0) is 182 Å². The summed E-state index contributed by atoms with van der Waals surface area (Å²) in [7, 11) is 0. The van der Waals surface area contributed by atoms with Gasteiger partial charge < -0.3 is 0 Å². The Morgan fingerprint density at radius 2 is 0.363 bits per heavy atom. The van der Waals surface area contributed by atoms with Gasteiger partial charge in [0.2, 0.25) is 0 Å². The lowest BCUT2D eigenvalue weighted by Crippen LogP contribution is -2.25. The molecule has 2 aliphatic carbocycles. The lowest BCUT2D eigenvalue weighted by molar-refractivity contribution is 0.794. The third-order valence-electron chi connectivity index (χ3n) is 18.5. The smallest absolute Gasteiger partial charge is 0.164 e. The minimum absolute atomic E-state index is 0.395. The van der Waals surface area contributed by atoms with Crippen molar-refractivity contribution in [1.82, 2.24) is 15.0 Å². The van der Waals surface area contributed by atoms with E-state index in [9.17, 15) is 0 Å². The highest BCUT2D eigenvalue weighted by Crippen LogP contribution is 2.63. The summed E-state index contributed by atoms with van der Waals surface area (Å²) in [5.74, 6) is 1.81. The molecule has 0 amide bonds. The summed E-state index contributed by atoms with van der Waals surface area (Å²) in [6.07, 6.45) is 0. The molecule has 14 aromatic carbocycles. The molecule has 17 rings (SSSR count). The van der Waals surface area contributed by atoms with E-state index < -0.39 is 5.41 Å². The quantitative estimate of drug-likeness (QED) is 0.130. The molecule has 3 heteroatoms. The Bertz CT molecular complexity index is 5230. The molecule has 0 saturated heterocycles. The molecule has 1 spiro atoms. The van der Waals surface area contributed by atoms with Crippen molar-refractivity contribution in [1.29, 1.82) is 0 Å². The Morgan fingerprint density at radius 1 is 0.143 bits per heavy atom. The molecule has 2 aliphatic rings. The Hall–Kier alpha value is -11.9. The highest BCUT2D eigenvalue weighted by atomic mass is 15.0. The van der Waals surface area contributed by atoms with Crippen LogP contribution in [0.25, 0.3) is 145 Å². The number of benzene rings is 14. The summed E-state index contributed by atoms with van der Waals surface area (Å²) in [6.45, 7) is 0. The summed E-state index contributed by atoms with van der Waals surface area (Å²) < 4.78 is 0. The predicted molar refractivity (Wildman–Crippen MR) is 376 cm³/mol. The zero-order chi connectivity index (χ0) is 60.2. The molecule has 1 heterocycles. The van der Waals surface area contributed by atoms with Gasteiger partial charge in [-0.2, -0.15) is 0 Å². The minimum atomic E-state index is -0.395. The van der Waals surface area contributed by atoms with Crippen LogP contribution in [0.2, 0.25) is 0 Å². The van der Waals surface area contributed by atoms with Crippen molar-refractivity contribution in [2.75, 3.05) is 0 Å². The monoisotopic (exact) mass is 1160 g/mol. The first-order valence-electron chi connectivity index (χ1n) is 31.2. The lowest BCUT2D eigenvalue weighted by Gasteiger charge is -2.30. The average Bonchev–Trinajstić information content (AvgIpc) is 1.51. The average molecular weight is 1160 g/mol. The maximum Gasteiger partial charge on any atom is 0.164 e. The van der Waals surface area contributed by atoms with Gasteiger partial charge in [0.1, 0.15) is 0 Å². The van der Waals surface area contributed by atoms with E-state index in [1.165, 1.54) is 83.5 Å². The van der Waals surface area contributed by atoms with Gasteiger partial charge in [-0.1, -0.05) is 297 Å². The van der Waals surface area contributed by atoms with Crippen LogP contribution < -0.4 is 0 Å². The summed E-state index contributed by atoms with van der Waals surface area (Å²) >= 11 is 0. The van der Waals surface area contributed by atoms with Crippen LogP contribution in [0.5, 0.6) is 0 Å². The molecular weight excluding hydrogens is 1100 g/mol. The van der Waals surface area contributed by atoms with Crippen molar-refractivity contribution >= 4 is 0 Å². The van der Waals surface area contributed by atoms with Crippen LogP contribution in [-0.2, 0) is 5.41 Å². The standard InChI is InChI=1S/C88H57N3/c1-3-20-58(21-4-1)62-24-13-26-64(50-62)60-44-46-61(47-45-60)85-89-86(75-36-18-34-72(55-75)65-27-14-25-63(51-65)59-22-5-2-6-23-59)91-87(90-85)76-37-19-35-73(56-76)70-32-16-30-68(53-70)66-28-15-29-67(52-66)69-31-17-33-71(54-69)74-48-49-80-79-40-9-12-43-83(79)88(84(80)57-74)81-41-10-7-38-77(81)78-39-8-11-42-82(78)88/h1-57H. The summed E-state index contributed by atoms with van der Waals surface area (Å²) in [5, 5.41) is 0. The van der Waals surface area contributed by atoms with E-state index in [-0.39, 0.29) is 0 Å². The number of fused-ring (bicyclic) bond motifs is 10. The van der Waals surface area contributed by atoms with E-state index in [1.807, 2.05) is 0 Å². The Morgan fingerprint density at radius 3 is 0.714 bits per heavy atom. The summed E-state index contributed by atoms with van der Waals surface area (Å²) in [6, 6.07) is 125. The maximum absolute atomic E-state index is 5.30. The van der Waals surface area contributed by atoms with Crippen LogP contribution in [0.15, 0.2) is 346 Å². The number of hydrogen-bond donors (Lipinski definition) is 0. The van der Waals surface area contributed by atoms with Crippen molar-refractivity contribution in [3.8, 4) is 145 Å². The first kappa shape index (κ1) is 53.3. The first-order chi connectivity index (χ1) is 45.1. The van der Waals surface area contributed by atoms with E-state index >= 15 is 0 Å². The van der Waals surface area contributed by atoms with Gasteiger partial charge in [0.25, 0.3) is 0 Å². The number of nitrogens with zero attached hydrogens (tertiary/aromatic N) is 3. The van der Waals surface area contributed by atoms with Crippen molar-refractivity contribution in [3.05, 3.63) is 368 Å². The molecule has 0 unspecified atom stereocenters.